The van der Waals surface area contributed by atoms with E-state index in [1.807, 2.05) is 35.8 Å². The van der Waals surface area contributed by atoms with E-state index in [1.54, 1.807) is 0 Å². The summed E-state index contributed by atoms with van der Waals surface area (Å²) in [7, 11) is 0. The molecule has 2 heterocycles. The molecule has 0 N–H and O–H groups in total. The topological polar surface area (TPSA) is 40.6 Å². The fourth-order valence-corrected chi connectivity index (χ4v) is 3.84. The molecule has 0 aliphatic carbocycles. The molecule has 2 amide bonds. The highest BCUT2D eigenvalue weighted by molar-refractivity contribution is 5.95. The van der Waals surface area contributed by atoms with Gasteiger partial charge in [-0.3, -0.25) is 9.59 Å². The number of hydrogen-bond acceptors (Lipinski definition) is 2. The number of aryl methyl sites for hydroxylation is 2. The van der Waals surface area contributed by atoms with Gasteiger partial charge in [0.05, 0.1) is 5.92 Å². The molecule has 0 radical (unpaired) electrons. The quantitative estimate of drug-likeness (QED) is 0.842. The van der Waals surface area contributed by atoms with Crippen molar-refractivity contribution in [3.63, 3.8) is 0 Å². The standard InChI is InChI=1S/C19H26N2O2/c1-14-10-15(2)12-17(11-14)19(23)21-9-5-6-16(13-21)18(22)20-7-3-4-8-20/h10-12,16H,3-9,13H2,1-2H3. The number of likely N-dealkylation sites (tertiary alicyclic amines) is 2. The van der Waals surface area contributed by atoms with Crippen molar-refractivity contribution in [2.24, 2.45) is 5.92 Å². The van der Waals surface area contributed by atoms with Gasteiger partial charge in [-0.2, -0.15) is 0 Å². The molecule has 124 valence electrons. The van der Waals surface area contributed by atoms with E-state index in [1.165, 1.54) is 0 Å². The summed E-state index contributed by atoms with van der Waals surface area (Å²) >= 11 is 0. The highest BCUT2D eigenvalue weighted by Crippen LogP contribution is 2.23. The number of carbonyl (C=O) groups is 2. The second-order valence-corrected chi connectivity index (χ2v) is 7.00. The van der Waals surface area contributed by atoms with E-state index in [4.69, 9.17) is 0 Å². The van der Waals surface area contributed by atoms with E-state index in [-0.39, 0.29) is 17.7 Å². The van der Waals surface area contributed by atoms with Gasteiger partial charge in [0.1, 0.15) is 0 Å². The van der Waals surface area contributed by atoms with E-state index in [2.05, 4.69) is 6.07 Å². The summed E-state index contributed by atoms with van der Waals surface area (Å²) in [6, 6.07) is 5.97. The van der Waals surface area contributed by atoms with Gasteiger partial charge >= 0.3 is 0 Å². The van der Waals surface area contributed by atoms with Crippen LogP contribution in [0.5, 0.6) is 0 Å². The maximum atomic E-state index is 12.8. The van der Waals surface area contributed by atoms with E-state index in [0.29, 0.717) is 6.54 Å². The molecule has 1 unspecified atom stereocenters. The van der Waals surface area contributed by atoms with Crippen LogP contribution in [-0.2, 0) is 4.79 Å². The molecular formula is C19H26N2O2. The Morgan fingerprint density at radius 2 is 1.52 bits per heavy atom. The lowest BCUT2D eigenvalue weighted by atomic mass is 9.95. The van der Waals surface area contributed by atoms with E-state index in [0.717, 1.165) is 62.0 Å². The van der Waals surface area contributed by atoms with Crippen molar-refractivity contribution < 1.29 is 9.59 Å². The van der Waals surface area contributed by atoms with Crippen LogP contribution in [0, 0.1) is 19.8 Å². The second kappa shape index (κ2) is 6.73. The maximum Gasteiger partial charge on any atom is 0.253 e. The van der Waals surface area contributed by atoms with Gasteiger partial charge in [0.25, 0.3) is 5.91 Å². The predicted octanol–water partition coefficient (Wildman–Crippen LogP) is 2.78. The number of amides is 2. The Balaban J connectivity index is 1.70. The molecule has 0 spiro atoms. The second-order valence-electron chi connectivity index (χ2n) is 7.00. The van der Waals surface area contributed by atoms with E-state index >= 15 is 0 Å². The van der Waals surface area contributed by atoms with Gasteiger partial charge in [-0.1, -0.05) is 17.2 Å². The van der Waals surface area contributed by atoms with Crippen LogP contribution in [0.1, 0.15) is 47.2 Å². The minimum Gasteiger partial charge on any atom is -0.342 e. The maximum absolute atomic E-state index is 12.8. The average Bonchev–Trinajstić information content (AvgIpc) is 3.07. The number of nitrogens with zero attached hydrogens (tertiary/aromatic N) is 2. The third kappa shape index (κ3) is 3.57. The number of piperidine rings is 1. The van der Waals surface area contributed by atoms with Crippen molar-refractivity contribution >= 4 is 11.8 Å². The summed E-state index contributed by atoms with van der Waals surface area (Å²) in [6.45, 7) is 7.14. The first-order valence-corrected chi connectivity index (χ1v) is 8.71. The molecular weight excluding hydrogens is 288 g/mol. The normalized spacial score (nSPS) is 21.6. The SMILES string of the molecule is Cc1cc(C)cc(C(=O)N2CCCC(C(=O)N3CCCC3)C2)c1. The molecule has 2 saturated heterocycles. The first kappa shape index (κ1) is 16.0. The lowest BCUT2D eigenvalue weighted by Gasteiger charge is -2.34. The van der Waals surface area contributed by atoms with Crippen LogP contribution in [0.25, 0.3) is 0 Å². The van der Waals surface area contributed by atoms with Crippen LogP contribution in [-0.4, -0.2) is 47.8 Å². The average molecular weight is 314 g/mol. The zero-order valence-electron chi connectivity index (χ0n) is 14.2. The Morgan fingerprint density at radius 3 is 2.17 bits per heavy atom. The summed E-state index contributed by atoms with van der Waals surface area (Å²) < 4.78 is 0. The Morgan fingerprint density at radius 1 is 0.913 bits per heavy atom. The summed E-state index contributed by atoms with van der Waals surface area (Å²) in [5.41, 5.74) is 2.96. The van der Waals surface area contributed by atoms with Crippen molar-refractivity contribution in [1.29, 1.82) is 0 Å². The number of benzene rings is 1. The van der Waals surface area contributed by atoms with Crippen LogP contribution in [0.3, 0.4) is 0 Å². The highest BCUT2D eigenvalue weighted by atomic mass is 16.2. The number of carbonyl (C=O) groups excluding carboxylic acids is 2. The lowest BCUT2D eigenvalue weighted by molar-refractivity contribution is -0.135. The molecule has 2 aliphatic rings. The summed E-state index contributed by atoms with van der Waals surface area (Å²) in [4.78, 5) is 29.2. The Kier molecular flexibility index (Phi) is 4.69. The smallest absolute Gasteiger partial charge is 0.253 e. The summed E-state index contributed by atoms with van der Waals surface area (Å²) in [5, 5.41) is 0. The fraction of sp³-hybridized carbons (Fsp3) is 0.579. The van der Waals surface area contributed by atoms with Crippen LogP contribution < -0.4 is 0 Å². The Hall–Kier alpha value is -1.84. The number of hydrogen-bond donors (Lipinski definition) is 0. The van der Waals surface area contributed by atoms with Gasteiger partial charge in [-0.15, -0.1) is 0 Å². The molecule has 0 bridgehead atoms. The zero-order chi connectivity index (χ0) is 16.4. The molecule has 23 heavy (non-hydrogen) atoms. The monoisotopic (exact) mass is 314 g/mol. The number of rotatable bonds is 2. The molecule has 4 nitrogen and oxygen atoms in total. The van der Waals surface area contributed by atoms with E-state index in [9.17, 15) is 9.59 Å². The largest absolute Gasteiger partial charge is 0.342 e. The first-order valence-electron chi connectivity index (χ1n) is 8.71. The van der Waals surface area contributed by atoms with Crippen LogP contribution in [0.4, 0.5) is 0 Å². The minimum atomic E-state index is -0.0169. The van der Waals surface area contributed by atoms with E-state index < -0.39 is 0 Å². The molecule has 4 heteroatoms. The zero-order valence-corrected chi connectivity index (χ0v) is 14.2. The molecule has 1 aromatic carbocycles. The van der Waals surface area contributed by atoms with Crippen molar-refractivity contribution in [2.75, 3.05) is 26.2 Å². The predicted molar refractivity (Wildman–Crippen MR) is 90.4 cm³/mol. The van der Waals surface area contributed by atoms with Gasteiger partial charge in [-0.05, 0) is 51.7 Å². The van der Waals surface area contributed by atoms with Crippen LogP contribution in [0.15, 0.2) is 18.2 Å². The minimum absolute atomic E-state index is 0.0169. The summed E-state index contributed by atoms with van der Waals surface area (Å²) in [5.74, 6) is 0.299. The van der Waals surface area contributed by atoms with Crippen LogP contribution >= 0.6 is 0 Å². The van der Waals surface area contributed by atoms with Gasteiger partial charge in [0.15, 0.2) is 0 Å². The van der Waals surface area contributed by atoms with Gasteiger partial charge < -0.3 is 9.80 Å². The van der Waals surface area contributed by atoms with Gasteiger partial charge in [-0.25, -0.2) is 0 Å². The van der Waals surface area contributed by atoms with Gasteiger partial charge in [0, 0.05) is 31.7 Å². The fourth-order valence-electron chi connectivity index (χ4n) is 3.84. The molecule has 2 fully saturated rings. The molecule has 3 rings (SSSR count). The van der Waals surface area contributed by atoms with Crippen molar-refractivity contribution in [2.45, 2.75) is 39.5 Å². The Labute approximate surface area is 138 Å². The van der Waals surface area contributed by atoms with Crippen molar-refractivity contribution in [1.82, 2.24) is 9.80 Å². The molecule has 1 aromatic rings. The third-order valence-corrected chi connectivity index (χ3v) is 4.94. The van der Waals surface area contributed by atoms with Crippen LogP contribution in [0.2, 0.25) is 0 Å². The first-order chi connectivity index (χ1) is 11.0. The summed E-state index contributed by atoms with van der Waals surface area (Å²) in [6.07, 6.45) is 4.06. The molecule has 1 atom stereocenters. The van der Waals surface area contributed by atoms with Crippen molar-refractivity contribution in [3.05, 3.63) is 34.9 Å². The third-order valence-electron chi connectivity index (χ3n) is 4.94. The molecule has 0 saturated carbocycles. The molecule has 0 aromatic heterocycles. The highest BCUT2D eigenvalue weighted by Gasteiger charge is 2.32. The van der Waals surface area contributed by atoms with Crippen molar-refractivity contribution in [3.8, 4) is 0 Å². The lowest BCUT2D eigenvalue weighted by Crippen LogP contribution is -2.46. The van der Waals surface area contributed by atoms with Gasteiger partial charge in [0.2, 0.25) is 5.91 Å². The molecule has 2 aliphatic heterocycles. The Bertz CT molecular complexity index is 585.